The van der Waals surface area contributed by atoms with E-state index in [2.05, 4.69) is 16.4 Å². The van der Waals surface area contributed by atoms with Gasteiger partial charge >= 0.3 is 0 Å². The minimum Gasteiger partial charge on any atom is -0.497 e. The summed E-state index contributed by atoms with van der Waals surface area (Å²) in [6.45, 7) is 4.00. The van der Waals surface area contributed by atoms with E-state index in [0.29, 0.717) is 34.3 Å². The number of benzene rings is 3. The predicted octanol–water partition coefficient (Wildman–Crippen LogP) is 5.89. The van der Waals surface area contributed by atoms with Crippen LogP contribution >= 0.6 is 0 Å². The zero-order valence-corrected chi connectivity index (χ0v) is 18.4. The summed E-state index contributed by atoms with van der Waals surface area (Å²) in [5, 5.41) is 2.98. The van der Waals surface area contributed by atoms with Crippen LogP contribution in [0.2, 0.25) is 0 Å². The Morgan fingerprint density at radius 1 is 0.906 bits per heavy atom. The number of nitrogens with zero attached hydrogens (tertiary/aromatic N) is 1. The second-order valence-electron chi connectivity index (χ2n) is 7.47. The maximum atomic E-state index is 13.1. The predicted molar refractivity (Wildman–Crippen MR) is 124 cm³/mol. The highest BCUT2D eigenvalue weighted by Gasteiger charge is 2.19. The number of ether oxygens (including phenoxy) is 2. The molecule has 0 unspecified atom stereocenters. The first-order chi connectivity index (χ1) is 15.5. The van der Waals surface area contributed by atoms with E-state index in [1.165, 1.54) is 0 Å². The lowest BCUT2D eigenvalue weighted by Crippen LogP contribution is -2.13. The average Bonchev–Trinajstić information content (AvgIpc) is 3.27. The van der Waals surface area contributed by atoms with E-state index < -0.39 is 0 Å². The second kappa shape index (κ2) is 8.98. The van der Waals surface area contributed by atoms with Crippen molar-refractivity contribution in [2.24, 2.45) is 0 Å². The van der Waals surface area contributed by atoms with E-state index in [1.54, 1.807) is 32.5 Å². The minimum atomic E-state index is -0.229. The summed E-state index contributed by atoms with van der Waals surface area (Å²) >= 11 is 0. The zero-order chi connectivity index (χ0) is 22.7. The van der Waals surface area contributed by atoms with Crippen molar-refractivity contribution in [3.63, 3.8) is 0 Å². The van der Waals surface area contributed by atoms with Crippen LogP contribution in [0, 0.1) is 13.8 Å². The fourth-order valence-corrected chi connectivity index (χ4v) is 3.64. The summed E-state index contributed by atoms with van der Waals surface area (Å²) < 4.78 is 16.8. The summed E-state index contributed by atoms with van der Waals surface area (Å²) in [5.41, 5.74) is 4.73. The Labute approximate surface area is 186 Å². The molecule has 6 nitrogen and oxygen atoms in total. The van der Waals surface area contributed by atoms with E-state index in [4.69, 9.17) is 13.9 Å². The fraction of sp³-hybridized carbons (Fsp3) is 0.154. The van der Waals surface area contributed by atoms with Crippen molar-refractivity contribution in [3.8, 4) is 34.3 Å². The van der Waals surface area contributed by atoms with Crippen molar-refractivity contribution in [1.29, 1.82) is 0 Å². The van der Waals surface area contributed by atoms with Crippen LogP contribution in [-0.2, 0) is 0 Å². The number of hydrogen-bond acceptors (Lipinski definition) is 5. The molecule has 0 aliphatic carbocycles. The van der Waals surface area contributed by atoms with Crippen molar-refractivity contribution in [2.75, 3.05) is 19.5 Å². The number of carbonyl (C=O) groups excluding carboxylic acids is 1. The van der Waals surface area contributed by atoms with Gasteiger partial charge in [-0.1, -0.05) is 18.2 Å². The Kier molecular flexibility index (Phi) is 5.94. The van der Waals surface area contributed by atoms with Crippen LogP contribution in [-0.4, -0.2) is 25.1 Å². The number of carbonyl (C=O) groups is 1. The highest BCUT2D eigenvalue weighted by Crippen LogP contribution is 2.35. The molecule has 1 heterocycles. The number of amides is 1. The van der Waals surface area contributed by atoms with Gasteiger partial charge in [0.2, 0.25) is 5.89 Å². The number of aromatic nitrogens is 1. The summed E-state index contributed by atoms with van der Waals surface area (Å²) in [6, 6.07) is 18.6. The first-order valence-corrected chi connectivity index (χ1v) is 10.2. The van der Waals surface area contributed by atoms with Crippen molar-refractivity contribution in [1.82, 2.24) is 4.98 Å². The molecule has 6 heteroatoms. The third-order valence-corrected chi connectivity index (χ3v) is 5.06. The largest absolute Gasteiger partial charge is 0.497 e. The van der Waals surface area contributed by atoms with E-state index in [9.17, 15) is 4.79 Å². The lowest BCUT2D eigenvalue weighted by molar-refractivity contribution is 0.102. The summed E-state index contributed by atoms with van der Waals surface area (Å²) in [6.07, 6.45) is 1.62. The second-order valence-corrected chi connectivity index (χ2v) is 7.47. The highest BCUT2D eigenvalue weighted by atomic mass is 16.5. The molecule has 1 N–H and O–H groups in total. The van der Waals surface area contributed by atoms with Crippen LogP contribution in [0.5, 0.6) is 11.5 Å². The van der Waals surface area contributed by atoms with Gasteiger partial charge in [0.15, 0.2) is 5.76 Å². The van der Waals surface area contributed by atoms with Crippen LogP contribution < -0.4 is 14.8 Å². The normalized spacial score (nSPS) is 10.6. The number of anilines is 1. The zero-order valence-electron chi connectivity index (χ0n) is 18.4. The molecule has 0 saturated carbocycles. The molecule has 0 radical (unpaired) electrons. The van der Waals surface area contributed by atoms with E-state index >= 15 is 0 Å². The Balaban J connectivity index is 1.67. The number of nitrogens with one attached hydrogen (secondary N) is 1. The first kappa shape index (κ1) is 21.2. The molecule has 0 fully saturated rings. The third-order valence-electron chi connectivity index (χ3n) is 5.06. The van der Waals surface area contributed by atoms with Crippen molar-refractivity contribution in [2.45, 2.75) is 13.8 Å². The van der Waals surface area contributed by atoms with Gasteiger partial charge in [0.25, 0.3) is 5.91 Å². The van der Waals surface area contributed by atoms with E-state index in [0.717, 1.165) is 22.4 Å². The van der Waals surface area contributed by atoms with Crippen LogP contribution in [0.1, 0.15) is 21.5 Å². The minimum absolute atomic E-state index is 0.229. The molecule has 1 amide bonds. The molecule has 32 heavy (non-hydrogen) atoms. The van der Waals surface area contributed by atoms with Gasteiger partial charge in [0.1, 0.15) is 11.5 Å². The van der Waals surface area contributed by atoms with Gasteiger partial charge in [0, 0.05) is 17.3 Å². The lowest BCUT2D eigenvalue weighted by atomic mass is 10.1. The molecule has 4 aromatic rings. The lowest BCUT2D eigenvalue weighted by Gasteiger charge is -2.10. The molecule has 0 saturated heterocycles. The Hall–Kier alpha value is -4.06. The van der Waals surface area contributed by atoms with Crippen LogP contribution in [0.15, 0.2) is 71.3 Å². The Morgan fingerprint density at radius 2 is 1.66 bits per heavy atom. The summed E-state index contributed by atoms with van der Waals surface area (Å²) in [5.74, 6) is 1.94. The molecule has 1 aromatic heterocycles. The topological polar surface area (TPSA) is 73.6 Å². The maximum absolute atomic E-state index is 13.1. The SMILES string of the molecule is COc1ccc(-c2cnc(-c3ccccc3C(=O)Nc3cc(C)cc(C)c3)o2)c(OC)c1. The van der Waals surface area contributed by atoms with Gasteiger partial charge < -0.3 is 19.2 Å². The molecule has 162 valence electrons. The standard InChI is InChI=1S/C26H24N2O4/c1-16-11-17(2)13-18(12-16)28-25(29)20-7-5-6-8-21(20)26-27-15-24(32-26)22-10-9-19(30-3)14-23(22)31-4/h5-15H,1-4H3,(H,28,29). The molecule has 3 aromatic carbocycles. The molecular formula is C26H24N2O4. The molecule has 4 rings (SSSR count). The van der Waals surface area contributed by atoms with Crippen LogP contribution in [0.25, 0.3) is 22.8 Å². The number of hydrogen-bond donors (Lipinski definition) is 1. The Bertz CT molecular complexity index is 1260. The molecule has 0 spiro atoms. The molecule has 0 aliphatic heterocycles. The number of rotatable bonds is 6. The number of aryl methyl sites for hydroxylation is 2. The van der Waals surface area contributed by atoms with Gasteiger partial charge in [-0.15, -0.1) is 0 Å². The first-order valence-electron chi connectivity index (χ1n) is 10.2. The third kappa shape index (κ3) is 4.34. The number of oxazole rings is 1. The quantitative estimate of drug-likeness (QED) is 0.414. The molecular weight excluding hydrogens is 404 g/mol. The van der Waals surface area contributed by atoms with Crippen molar-refractivity contribution in [3.05, 3.63) is 83.6 Å². The molecule has 0 bridgehead atoms. The smallest absolute Gasteiger partial charge is 0.256 e. The van der Waals surface area contributed by atoms with Crippen LogP contribution in [0.3, 0.4) is 0 Å². The molecule has 0 atom stereocenters. The van der Waals surface area contributed by atoms with Gasteiger partial charge in [-0.3, -0.25) is 4.79 Å². The fourth-order valence-electron chi connectivity index (χ4n) is 3.64. The van der Waals surface area contributed by atoms with E-state index in [1.807, 2.05) is 56.3 Å². The molecule has 0 aliphatic rings. The van der Waals surface area contributed by atoms with Gasteiger partial charge in [-0.2, -0.15) is 0 Å². The van der Waals surface area contributed by atoms with Crippen molar-refractivity contribution < 1.29 is 18.7 Å². The van der Waals surface area contributed by atoms with Crippen LogP contribution in [0.4, 0.5) is 5.69 Å². The van der Waals surface area contributed by atoms with Crippen molar-refractivity contribution >= 4 is 11.6 Å². The van der Waals surface area contributed by atoms with E-state index in [-0.39, 0.29) is 5.91 Å². The maximum Gasteiger partial charge on any atom is 0.256 e. The van der Waals surface area contributed by atoms with Gasteiger partial charge in [-0.25, -0.2) is 4.98 Å². The Morgan fingerprint density at radius 3 is 2.38 bits per heavy atom. The highest BCUT2D eigenvalue weighted by molar-refractivity contribution is 6.08. The average molecular weight is 428 g/mol. The summed E-state index contributed by atoms with van der Waals surface area (Å²) in [4.78, 5) is 17.5. The van der Waals surface area contributed by atoms with Gasteiger partial charge in [-0.05, 0) is 61.4 Å². The monoisotopic (exact) mass is 428 g/mol. The summed E-state index contributed by atoms with van der Waals surface area (Å²) in [7, 11) is 3.18. The number of methoxy groups -OCH3 is 2. The van der Waals surface area contributed by atoms with Gasteiger partial charge in [0.05, 0.1) is 31.5 Å².